The first-order valence-electron chi connectivity index (χ1n) is 7.74. The molecule has 0 aliphatic heterocycles. The summed E-state index contributed by atoms with van der Waals surface area (Å²) in [5, 5.41) is 2.90. The first-order chi connectivity index (χ1) is 10.2. The summed E-state index contributed by atoms with van der Waals surface area (Å²) < 4.78 is 0. The number of hydrogen-bond donors (Lipinski definition) is 1. The predicted molar refractivity (Wildman–Crippen MR) is 85.4 cm³/mol. The van der Waals surface area contributed by atoms with Crippen LogP contribution in [0.1, 0.15) is 43.5 Å². The van der Waals surface area contributed by atoms with E-state index in [1.807, 2.05) is 30.3 Å². The van der Waals surface area contributed by atoms with Crippen LogP contribution in [0.15, 0.2) is 30.3 Å². The Morgan fingerprint density at radius 3 is 2.33 bits per heavy atom. The van der Waals surface area contributed by atoms with Gasteiger partial charge in [-0.1, -0.05) is 44.2 Å². The van der Waals surface area contributed by atoms with Crippen LogP contribution in [0.5, 0.6) is 0 Å². The van der Waals surface area contributed by atoms with Crippen LogP contribution in [-0.4, -0.2) is 42.8 Å². The first-order valence-corrected chi connectivity index (χ1v) is 7.74. The van der Waals surface area contributed by atoms with E-state index in [-0.39, 0.29) is 11.7 Å². The minimum Gasteiger partial charge on any atom is -0.355 e. The highest BCUT2D eigenvalue weighted by molar-refractivity contribution is 5.96. The fourth-order valence-corrected chi connectivity index (χ4v) is 2.16. The Bertz CT molecular complexity index is 428. The van der Waals surface area contributed by atoms with E-state index < -0.39 is 0 Å². The molecule has 0 aliphatic rings. The number of hydrogen-bond acceptors (Lipinski definition) is 3. The van der Waals surface area contributed by atoms with Gasteiger partial charge in [0.05, 0.1) is 0 Å². The van der Waals surface area contributed by atoms with Crippen LogP contribution >= 0.6 is 0 Å². The van der Waals surface area contributed by atoms with Gasteiger partial charge in [-0.15, -0.1) is 0 Å². The van der Waals surface area contributed by atoms with Gasteiger partial charge in [-0.2, -0.15) is 0 Å². The normalized spacial score (nSPS) is 10.6. The molecule has 0 saturated heterocycles. The molecule has 0 bridgehead atoms. The second-order valence-corrected chi connectivity index (χ2v) is 5.02. The van der Waals surface area contributed by atoms with E-state index in [0.29, 0.717) is 25.8 Å². The van der Waals surface area contributed by atoms with Crippen LogP contribution in [0.4, 0.5) is 0 Å². The molecule has 4 heteroatoms. The van der Waals surface area contributed by atoms with Gasteiger partial charge in [0.25, 0.3) is 0 Å². The smallest absolute Gasteiger partial charge is 0.220 e. The van der Waals surface area contributed by atoms with Crippen molar-refractivity contribution in [2.45, 2.75) is 33.1 Å². The molecule has 0 atom stereocenters. The van der Waals surface area contributed by atoms with E-state index in [9.17, 15) is 9.59 Å². The summed E-state index contributed by atoms with van der Waals surface area (Å²) in [5.41, 5.74) is 0.722. The van der Waals surface area contributed by atoms with Crippen molar-refractivity contribution < 1.29 is 9.59 Å². The van der Waals surface area contributed by atoms with E-state index in [2.05, 4.69) is 24.1 Å². The van der Waals surface area contributed by atoms with Crippen LogP contribution in [-0.2, 0) is 4.79 Å². The summed E-state index contributed by atoms with van der Waals surface area (Å²) in [7, 11) is 0. The molecule has 0 aromatic heterocycles. The van der Waals surface area contributed by atoms with Gasteiger partial charge < -0.3 is 10.2 Å². The minimum absolute atomic E-state index is 0.0306. The molecule has 0 fully saturated rings. The molecule has 1 aromatic carbocycles. The van der Waals surface area contributed by atoms with E-state index in [0.717, 1.165) is 25.2 Å². The SMILES string of the molecule is CCN(CC)CCNC(=O)CCCC(=O)c1ccccc1. The van der Waals surface area contributed by atoms with Gasteiger partial charge in [-0.25, -0.2) is 0 Å². The van der Waals surface area contributed by atoms with Crippen molar-refractivity contribution in [2.75, 3.05) is 26.2 Å². The molecule has 0 heterocycles. The maximum absolute atomic E-state index is 11.9. The molecule has 116 valence electrons. The molecule has 1 amide bonds. The summed E-state index contributed by atoms with van der Waals surface area (Å²) in [4.78, 5) is 25.8. The van der Waals surface area contributed by atoms with Gasteiger partial charge in [-0.3, -0.25) is 9.59 Å². The number of nitrogens with one attached hydrogen (secondary N) is 1. The number of Topliss-reactive ketones (excluding diaryl/α,β-unsaturated/α-hetero) is 1. The van der Waals surface area contributed by atoms with Crippen LogP contribution in [0.25, 0.3) is 0 Å². The molecule has 0 saturated carbocycles. The average Bonchev–Trinajstić information content (AvgIpc) is 2.52. The Balaban J connectivity index is 2.15. The van der Waals surface area contributed by atoms with Crippen LogP contribution in [0.2, 0.25) is 0 Å². The highest BCUT2D eigenvalue weighted by Crippen LogP contribution is 2.06. The molecular weight excluding hydrogens is 264 g/mol. The standard InChI is InChI=1S/C17H26N2O2/c1-3-19(4-2)14-13-18-17(21)12-8-11-16(20)15-9-6-5-7-10-15/h5-7,9-10H,3-4,8,11-14H2,1-2H3,(H,18,21). The first kappa shape index (κ1) is 17.4. The quantitative estimate of drug-likeness (QED) is 0.674. The Labute approximate surface area is 127 Å². The molecule has 1 N–H and O–H groups in total. The lowest BCUT2D eigenvalue weighted by atomic mass is 10.1. The molecule has 4 nitrogen and oxygen atoms in total. The highest BCUT2D eigenvalue weighted by Gasteiger charge is 2.07. The zero-order valence-corrected chi connectivity index (χ0v) is 13.1. The fraction of sp³-hybridized carbons (Fsp3) is 0.529. The summed E-state index contributed by atoms with van der Waals surface area (Å²) in [5.74, 6) is 0.134. The topological polar surface area (TPSA) is 49.4 Å². The largest absolute Gasteiger partial charge is 0.355 e. The van der Waals surface area contributed by atoms with Crippen molar-refractivity contribution in [2.24, 2.45) is 0 Å². The number of carbonyl (C=O) groups excluding carboxylic acids is 2. The second kappa shape index (κ2) is 10.1. The number of benzene rings is 1. The molecule has 0 spiro atoms. The Kier molecular flexibility index (Phi) is 8.36. The van der Waals surface area contributed by atoms with Crippen molar-refractivity contribution in [3.8, 4) is 0 Å². The summed E-state index contributed by atoms with van der Waals surface area (Å²) in [6.07, 6.45) is 1.44. The fourth-order valence-electron chi connectivity index (χ4n) is 2.16. The lowest BCUT2D eigenvalue weighted by molar-refractivity contribution is -0.121. The van der Waals surface area contributed by atoms with E-state index >= 15 is 0 Å². The van der Waals surface area contributed by atoms with Gasteiger partial charge in [0.1, 0.15) is 0 Å². The highest BCUT2D eigenvalue weighted by atomic mass is 16.1. The van der Waals surface area contributed by atoms with Gasteiger partial charge in [0.2, 0.25) is 5.91 Å². The van der Waals surface area contributed by atoms with Gasteiger partial charge >= 0.3 is 0 Å². The maximum Gasteiger partial charge on any atom is 0.220 e. The number of amides is 1. The molecular formula is C17H26N2O2. The second-order valence-electron chi connectivity index (χ2n) is 5.02. The molecule has 21 heavy (non-hydrogen) atoms. The van der Waals surface area contributed by atoms with Crippen molar-refractivity contribution in [1.82, 2.24) is 10.2 Å². The van der Waals surface area contributed by atoms with Crippen molar-refractivity contribution in [3.05, 3.63) is 35.9 Å². The summed E-state index contributed by atoms with van der Waals surface area (Å²) in [6.45, 7) is 7.77. The van der Waals surface area contributed by atoms with Crippen LogP contribution in [0.3, 0.4) is 0 Å². The van der Waals surface area contributed by atoms with Crippen molar-refractivity contribution >= 4 is 11.7 Å². The van der Waals surface area contributed by atoms with Gasteiger partial charge in [0, 0.05) is 31.5 Å². The number of likely N-dealkylation sites (N-methyl/N-ethyl adjacent to an activating group) is 1. The van der Waals surface area contributed by atoms with Crippen LogP contribution < -0.4 is 5.32 Å². The third kappa shape index (κ3) is 7.04. The summed E-state index contributed by atoms with van der Waals surface area (Å²) in [6, 6.07) is 9.22. The molecule has 1 rings (SSSR count). The molecule has 1 aromatic rings. The molecule has 0 aliphatic carbocycles. The predicted octanol–water partition coefficient (Wildman–Crippen LogP) is 2.50. The third-order valence-electron chi connectivity index (χ3n) is 3.55. The molecule has 0 radical (unpaired) electrons. The summed E-state index contributed by atoms with van der Waals surface area (Å²) >= 11 is 0. The Morgan fingerprint density at radius 2 is 1.71 bits per heavy atom. The van der Waals surface area contributed by atoms with E-state index in [1.165, 1.54) is 0 Å². The van der Waals surface area contributed by atoms with E-state index in [1.54, 1.807) is 0 Å². The van der Waals surface area contributed by atoms with Crippen molar-refractivity contribution in [3.63, 3.8) is 0 Å². The number of rotatable bonds is 10. The lowest BCUT2D eigenvalue weighted by Gasteiger charge is -2.17. The number of carbonyl (C=O) groups is 2. The van der Waals surface area contributed by atoms with Gasteiger partial charge in [-0.05, 0) is 19.5 Å². The van der Waals surface area contributed by atoms with Crippen LogP contribution in [0, 0.1) is 0 Å². The average molecular weight is 290 g/mol. The molecule has 0 unspecified atom stereocenters. The minimum atomic E-state index is 0.0306. The monoisotopic (exact) mass is 290 g/mol. The Morgan fingerprint density at radius 1 is 1.05 bits per heavy atom. The lowest BCUT2D eigenvalue weighted by Crippen LogP contribution is -2.34. The third-order valence-corrected chi connectivity index (χ3v) is 3.55. The van der Waals surface area contributed by atoms with Crippen molar-refractivity contribution in [1.29, 1.82) is 0 Å². The maximum atomic E-state index is 11.9. The zero-order valence-electron chi connectivity index (χ0n) is 13.1. The Hall–Kier alpha value is -1.68. The zero-order chi connectivity index (χ0) is 15.5. The number of ketones is 1. The number of nitrogens with zero attached hydrogens (tertiary/aromatic N) is 1. The van der Waals surface area contributed by atoms with Gasteiger partial charge in [0.15, 0.2) is 5.78 Å². The van der Waals surface area contributed by atoms with E-state index in [4.69, 9.17) is 0 Å².